The molecular weight excluding hydrogens is 262 g/mol. The molecule has 2 N–H and O–H groups in total. The molecular formula is C13H9N3O2S. The molecule has 0 aliphatic carbocycles. The highest BCUT2D eigenvalue weighted by Crippen LogP contribution is 2.22. The van der Waals surface area contributed by atoms with Crippen LogP contribution in [0.3, 0.4) is 0 Å². The van der Waals surface area contributed by atoms with Gasteiger partial charge in [0, 0.05) is 11.1 Å². The van der Waals surface area contributed by atoms with E-state index in [0.29, 0.717) is 4.88 Å². The van der Waals surface area contributed by atoms with Crippen molar-refractivity contribution in [2.24, 2.45) is 10.2 Å². The van der Waals surface area contributed by atoms with Gasteiger partial charge in [0.15, 0.2) is 0 Å². The Morgan fingerprint density at radius 3 is 2.74 bits per heavy atom. The zero-order chi connectivity index (χ0) is 13.2. The highest BCUT2D eigenvalue weighted by Gasteiger charge is 2.14. The first-order valence-electron chi connectivity index (χ1n) is 5.54. The van der Waals surface area contributed by atoms with Crippen LogP contribution < -0.4 is 4.87 Å². The second kappa shape index (κ2) is 4.66. The molecule has 0 saturated heterocycles. The summed E-state index contributed by atoms with van der Waals surface area (Å²) in [5.41, 5.74) is 2.42. The number of nitrogens with zero attached hydrogens (tertiary/aromatic N) is 2. The van der Waals surface area contributed by atoms with Crippen molar-refractivity contribution in [3.63, 3.8) is 0 Å². The number of H-pyrrole nitrogens is 1. The number of hydrogen-bond donors (Lipinski definition) is 2. The Balaban J connectivity index is 2.02. The van der Waals surface area contributed by atoms with Gasteiger partial charge in [-0.05, 0) is 6.08 Å². The maximum atomic E-state index is 11.1. The standard InChI is InChI=1S/C13H9N3O2S/c17-12-10(19-13(18)15-12)6-9-7-14-16-11(9)8-4-2-1-3-5-8/h1-7,17H,(H,15,18). The van der Waals surface area contributed by atoms with Crippen LogP contribution in [0, 0.1) is 0 Å². The predicted octanol–water partition coefficient (Wildman–Crippen LogP) is 2.01. The van der Waals surface area contributed by atoms with E-state index in [1.807, 2.05) is 30.3 Å². The molecule has 0 radical (unpaired) electrons. The lowest BCUT2D eigenvalue weighted by Crippen LogP contribution is -2.01. The Hall–Kier alpha value is -2.47. The van der Waals surface area contributed by atoms with Crippen molar-refractivity contribution < 1.29 is 5.11 Å². The van der Waals surface area contributed by atoms with Gasteiger partial charge in [0.2, 0.25) is 5.88 Å². The molecule has 2 aromatic rings. The monoisotopic (exact) mass is 271 g/mol. The lowest BCUT2D eigenvalue weighted by atomic mass is 10.0. The highest BCUT2D eigenvalue weighted by atomic mass is 32.1. The molecule has 2 heterocycles. The van der Waals surface area contributed by atoms with E-state index in [1.165, 1.54) is 0 Å². The van der Waals surface area contributed by atoms with Crippen molar-refractivity contribution in [1.29, 1.82) is 0 Å². The fourth-order valence-corrected chi connectivity index (χ4v) is 2.45. The van der Waals surface area contributed by atoms with E-state index >= 15 is 0 Å². The molecule has 0 fully saturated rings. The third-order valence-corrected chi connectivity index (χ3v) is 3.44. The Kier molecular flexibility index (Phi) is 2.85. The van der Waals surface area contributed by atoms with Gasteiger partial charge in [0.25, 0.3) is 0 Å². The van der Waals surface area contributed by atoms with E-state index in [4.69, 9.17) is 0 Å². The quantitative estimate of drug-likeness (QED) is 0.876. The van der Waals surface area contributed by atoms with Crippen molar-refractivity contribution >= 4 is 29.3 Å². The van der Waals surface area contributed by atoms with E-state index < -0.39 is 0 Å². The lowest BCUT2D eigenvalue weighted by Gasteiger charge is -2.01. The fraction of sp³-hybridized carbons (Fsp3) is 0. The Bertz CT molecular complexity index is 754. The Morgan fingerprint density at radius 1 is 1.26 bits per heavy atom. The fourth-order valence-electron chi connectivity index (χ4n) is 1.76. The first-order chi connectivity index (χ1) is 9.24. The maximum Gasteiger partial charge on any atom is 0.307 e. The van der Waals surface area contributed by atoms with Gasteiger partial charge in [-0.1, -0.05) is 41.7 Å². The number of thiazole rings is 1. The third-order valence-electron chi connectivity index (χ3n) is 2.62. The summed E-state index contributed by atoms with van der Waals surface area (Å²) >= 11 is 0.944. The van der Waals surface area contributed by atoms with E-state index in [9.17, 15) is 9.90 Å². The molecule has 1 aromatic carbocycles. The molecule has 6 heteroatoms. The molecule has 0 amide bonds. The summed E-state index contributed by atoms with van der Waals surface area (Å²) in [6, 6.07) is 9.62. The van der Waals surface area contributed by atoms with Crippen LogP contribution in [0.25, 0.3) is 6.08 Å². The van der Waals surface area contributed by atoms with Crippen molar-refractivity contribution in [3.05, 3.63) is 56.0 Å². The van der Waals surface area contributed by atoms with Crippen molar-refractivity contribution in [1.82, 2.24) is 4.98 Å². The van der Waals surface area contributed by atoms with Crippen LogP contribution in [0.1, 0.15) is 10.4 Å². The van der Waals surface area contributed by atoms with Crippen LogP contribution in [-0.2, 0) is 0 Å². The summed E-state index contributed by atoms with van der Waals surface area (Å²) in [7, 11) is 0. The number of benzene rings is 1. The minimum Gasteiger partial charge on any atom is -0.493 e. The van der Waals surface area contributed by atoms with Crippen molar-refractivity contribution in [2.75, 3.05) is 0 Å². The van der Waals surface area contributed by atoms with Crippen molar-refractivity contribution in [2.45, 2.75) is 0 Å². The zero-order valence-corrected chi connectivity index (χ0v) is 10.5. The largest absolute Gasteiger partial charge is 0.493 e. The summed E-state index contributed by atoms with van der Waals surface area (Å²) in [5.74, 6) is -0.129. The van der Waals surface area contributed by atoms with Gasteiger partial charge in [-0.2, -0.15) is 5.10 Å². The highest BCUT2D eigenvalue weighted by molar-refractivity contribution is 7.10. The molecule has 1 aliphatic heterocycles. The number of aromatic nitrogens is 1. The first kappa shape index (κ1) is 11.6. The van der Waals surface area contributed by atoms with Gasteiger partial charge in [0.05, 0.1) is 11.1 Å². The second-order valence-corrected chi connectivity index (χ2v) is 4.90. The van der Waals surface area contributed by atoms with Gasteiger partial charge in [-0.3, -0.25) is 9.78 Å². The molecule has 1 aromatic heterocycles. The maximum absolute atomic E-state index is 11.1. The minimum atomic E-state index is -0.294. The summed E-state index contributed by atoms with van der Waals surface area (Å²) in [5, 5.41) is 17.5. The smallest absolute Gasteiger partial charge is 0.307 e. The molecule has 0 saturated carbocycles. The number of rotatable bonds is 2. The SMILES string of the molecule is O=c1[nH]c(O)c(C=C2C=NN=C2c2ccccc2)s1. The molecule has 3 rings (SSSR count). The number of allylic oxidation sites excluding steroid dienone is 1. The number of aromatic amines is 1. The third kappa shape index (κ3) is 2.25. The van der Waals surface area contributed by atoms with Gasteiger partial charge in [0.1, 0.15) is 5.71 Å². The lowest BCUT2D eigenvalue weighted by molar-refractivity contribution is 0.455. The molecule has 0 spiro atoms. The molecule has 19 heavy (non-hydrogen) atoms. The number of nitrogens with one attached hydrogen (secondary N) is 1. The number of hydrogen-bond acceptors (Lipinski definition) is 5. The normalized spacial score (nSPS) is 16.0. The topological polar surface area (TPSA) is 77.8 Å². The van der Waals surface area contributed by atoms with E-state index in [2.05, 4.69) is 15.2 Å². The average Bonchev–Trinajstić information content (AvgIpc) is 2.98. The summed E-state index contributed by atoms with van der Waals surface area (Å²) in [6.07, 6.45) is 3.30. The summed E-state index contributed by atoms with van der Waals surface area (Å²) in [4.78, 5) is 13.6. The van der Waals surface area contributed by atoms with E-state index in [0.717, 1.165) is 28.2 Å². The van der Waals surface area contributed by atoms with Crippen LogP contribution in [0.2, 0.25) is 0 Å². The minimum absolute atomic E-state index is 0.129. The molecule has 0 atom stereocenters. The van der Waals surface area contributed by atoms with E-state index in [-0.39, 0.29) is 10.8 Å². The van der Waals surface area contributed by atoms with Gasteiger partial charge in [-0.15, -0.1) is 5.10 Å². The summed E-state index contributed by atoms with van der Waals surface area (Å²) < 4.78 is 0. The number of aromatic hydroxyl groups is 1. The van der Waals surface area contributed by atoms with Gasteiger partial charge < -0.3 is 5.11 Å². The predicted molar refractivity (Wildman–Crippen MR) is 76.1 cm³/mol. The van der Waals surface area contributed by atoms with Crippen LogP contribution >= 0.6 is 11.3 Å². The van der Waals surface area contributed by atoms with Crippen LogP contribution in [0.5, 0.6) is 5.88 Å². The average molecular weight is 271 g/mol. The molecule has 0 unspecified atom stereocenters. The second-order valence-electron chi connectivity index (χ2n) is 3.89. The van der Waals surface area contributed by atoms with Crippen LogP contribution in [0.15, 0.2) is 50.9 Å². The Labute approximate surface area is 112 Å². The van der Waals surface area contributed by atoms with Crippen LogP contribution in [-0.4, -0.2) is 22.0 Å². The molecule has 1 aliphatic rings. The van der Waals surface area contributed by atoms with Gasteiger partial charge >= 0.3 is 4.87 Å². The molecule has 94 valence electrons. The van der Waals surface area contributed by atoms with E-state index in [1.54, 1.807) is 12.3 Å². The van der Waals surface area contributed by atoms with Gasteiger partial charge in [-0.25, -0.2) is 0 Å². The summed E-state index contributed by atoms with van der Waals surface area (Å²) in [6.45, 7) is 0. The first-order valence-corrected chi connectivity index (χ1v) is 6.36. The molecule has 5 nitrogen and oxygen atoms in total. The molecule has 0 bridgehead atoms. The Morgan fingerprint density at radius 2 is 2.05 bits per heavy atom. The zero-order valence-electron chi connectivity index (χ0n) is 9.70. The van der Waals surface area contributed by atoms with Crippen LogP contribution in [0.4, 0.5) is 0 Å². The van der Waals surface area contributed by atoms with Crippen molar-refractivity contribution in [3.8, 4) is 5.88 Å².